The van der Waals surface area contributed by atoms with E-state index in [-0.39, 0.29) is 17.4 Å². The van der Waals surface area contributed by atoms with Crippen LogP contribution in [0.2, 0.25) is 0 Å². The Labute approximate surface area is 166 Å². The number of ketones is 1. The predicted octanol–water partition coefficient (Wildman–Crippen LogP) is 4.45. The minimum Gasteiger partial charge on any atom is -0.384 e. The molecule has 29 heavy (non-hydrogen) atoms. The van der Waals surface area contributed by atoms with Gasteiger partial charge < -0.3 is 10.7 Å². The van der Waals surface area contributed by atoms with Crippen molar-refractivity contribution in [3.05, 3.63) is 89.0 Å². The highest BCUT2D eigenvalue weighted by Crippen LogP contribution is 2.25. The van der Waals surface area contributed by atoms with Crippen molar-refractivity contribution < 1.29 is 9.18 Å². The van der Waals surface area contributed by atoms with Crippen molar-refractivity contribution in [3.63, 3.8) is 0 Å². The molecule has 0 fully saturated rings. The highest BCUT2D eigenvalue weighted by molar-refractivity contribution is 6.17. The van der Waals surface area contributed by atoms with E-state index in [4.69, 9.17) is 11.1 Å². The van der Waals surface area contributed by atoms with Crippen molar-refractivity contribution in [2.24, 2.45) is 5.73 Å². The molecule has 6 heteroatoms. The number of hydrogen-bond donors (Lipinski definition) is 3. The minimum atomic E-state index is -0.291. The monoisotopic (exact) mass is 386 g/mol. The number of aryl methyl sites for hydroxylation is 1. The van der Waals surface area contributed by atoms with Gasteiger partial charge in [0.2, 0.25) is 0 Å². The fraction of sp³-hybridized carbons (Fsp3) is 0.0870. The van der Waals surface area contributed by atoms with E-state index in [1.165, 1.54) is 12.1 Å². The first-order valence-electron chi connectivity index (χ1n) is 9.24. The van der Waals surface area contributed by atoms with Crippen LogP contribution >= 0.6 is 0 Å². The lowest BCUT2D eigenvalue weighted by Gasteiger charge is -2.07. The summed E-state index contributed by atoms with van der Waals surface area (Å²) in [5.41, 5.74) is 10.0. The standard InChI is InChI=1S/C23H19FN4O/c1-2-20-27-19-12-16(23(25)26)11-18(21(19)28-20)22(29)15-5-3-13(4-6-15)14-7-9-17(24)10-8-14/h3-12H,2H2,1H3,(H3,25,26)(H,27,28). The van der Waals surface area contributed by atoms with Gasteiger partial charge in [-0.2, -0.15) is 0 Å². The lowest BCUT2D eigenvalue weighted by Crippen LogP contribution is -2.13. The molecule has 0 unspecified atom stereocenters. The van der Waals surface area contributed by atoms with Crippen LogP contribution in [0.5, 0.6) is 0 Å². The van der Waals surface area contributed by atoms with Gasteiger partial charge in [-0.3, -0.25) is 10.2 Å². The van der Waals surface area contributed by atoms with Gasteiger partial charge in [-0.15, -0.1) is 0 Å². The molecule has 0 bridgehead atoms. The van der Waals surface area contributed by atoms with Crippen LogP contribution in [0, 0.1) is 11.2 Å². The van der Waals surface area contributed by atoms with Gasteiger partial charge in [0, 0.05) is 17.5 Å². The van der Waals surface area contributed by atoms with Crippen LogP contribution in [0.25, 0.3) is 22.2 Å². The number of hydrogen-bond acceptors (Lipinski definition) is 3. The first-order chi connectivity index (χ1) is 14.0. The van der Waals surface area contributed by atoms with Crippen LogP contribution in [-0.4, -0.2) is 21.6 Å². The first-order valence-corrected chi connectivity index (χ1v) is 9.24. The van der Waals surface area contributed by atoms with Gasteiger partial charge >= 0.3 is 0 Å². The lowest BCUT2D eigenvalue weighted by molar-refractivity contribution is 0.104. The van der Waals surface area contributed by atoms with E-state index < -0.39 is 0 Å². The zero-order valence-electron chi connectivity index (χ0n) is 15.8. The average molecular weight is 386 g/mol. The Balaban J connectivity index is 1.75. The van der Waals surface area contributed by atoms with Crippen molar-refractivity contribution in [3.8, 4) is 11.1 Å². The molecule has 0 aliphatic rings. The van der Waals surface area contributed by atoms with Gasteiger partial charge in [0.1, 0.15) is 17.5 Å². The molecule has 5 nitrogen and oxygen atoms in total. The van der Waals surface area contributed by atoms with E-state index in [2.05, 4.69) is 9.97 Å². The number of nitrogens with one attached hydrogen (secondary N) is 2. The van der Waals surface area contributed by atoms with E-state index in [0.29, 0.717) is 34.1 Å². The molecule has 3 aromatic carbocycles. The number of halogens is 1. The molecular formula is C23H19FN4O. The maximum absolute atomic E-state index is 13.2. The van der Waals surface area contributed by atoms with Crippen LogP contribution in [-0.2, 0) is 6.42 Å². The fourth-order valence-corrected chi connectivity index (χ4v) is 3.28. The first kappa shape index (κ1) is 18.6. The number of imidazole rings is 1. The molecule has 4 N–H and O–H groups in total. The zero-order valence-corrected chi connectivity index (χ0v) is 15.8. The van der Waals surface area contributed by atoms with E-state index in [9.17, 15) is 9.18 Å². The Bertz CT molecular complexity index is 1220. The SMILES string of the molecule is CCc1nc2c(C(=O)c3ccc(-c4ccc(F)cc4)cc3)cc(C(=N)N)cc2[nH]1. The third kappa shape index (κ3) is 3.52. The number of aromatic amines is 1. The number of H-pyrrole nitrogens is 1. The second-order valence-electron chi connectivity index (χ2n) is 6.78. The van der Waals surface area contributed by atoms with Crippen molar-refractivity contribution in [1.29, 1.82) is 5.41 Å². The number of carbonyl (C=O) groups is 1. The Morgan fingerprint density at radius 2 is 1.66 bits per heavy atom. The van der Waals surface area contributed by atoms with E-state index >= 15 is 0 Å². The van der Waals surface area contributed by atoms with E-state index in [1.807, 2.05) is 19.1 Å². The van der Waals surface area contributed by atoms with Crippen LogP contribution in [0.1, 0.15) is 34.2 Å². The van der Waals surface area contributed by atoms with Gasteiger partial charge in [0.15, 0.2) is 5.78 Å². The molecule has 1 aromatic heterocycles. The second kappa shape index (κ2) is 7.31. The molecule has 0 saturated carbocycles. The summed E-state index contributed by atoms with van der Waals surface area (Å²) in [4.78, 5) is 20.9. The van der Waals surface area contributed by atoms with Crippen LogP contribution < -0.4 is 5.73 Å². The zero-order chi connectivity index (χ0) is 20.5. The molecule has 0 amide bonds. The number of nitrogens with zero attached hydrogens (tertiary/aromatic N) is 1. The number of fused-ring (bicyclic) bond motifs is 1. The predicted molar refractivity (Wildman–Crippen MR) is 112 cm³/mol. The Morgan fingerprint density at radius 3 is 2.24 bits per heavy atom. The minimum absolute atomic E-state index is 0.111. The largest absolute Gasteiger partial charge is 0.384 e. The Kier molecular flexibility index (Phi) is 4.68. The van der Waals surface area contributed by atoms with Gasteiger partial charge in [0.25, 0.3) is 0 Å². The Hall–Kier alpha value is -3.80. The molecular weight excluding hydrogens is 367 g/mol. The number of nitrogen functional groups attached to an aromatic ring is 1. The van der Waals surface area contributed by atoms with Gasteiger partial charge in [-0.05, 0) is 35.4 Å². The maximum Gasteiger partial charge on any atom is 0.195 e. The summed E-state index contributed by atoms with van der Waals surface area (Å²) in [6.07, 6.45) is 0.698. The number of nitrogens with two attached hydrogens (primary N) is 1. The van der Waals surface area contributed by atoms with Crippen molar-refractivity contribution in [2.45, 2.75) is 13.3 Å². The number of benzene rings is 3. The van der Waals surface area contributed by atoms with Gasteiger partial charge in [-0.25, -0.2) is 9.37 Å². The third-order valence-electron chi connectivity index (χ3n) is 4.85. The molecule has 1 heterocycles. The van der Waals surface area contributed by atoms with Crippen molar-refractivity contribution in [1.82, 2.24) is 9.97 Å². The Morgan fingerprint density at radius 1 is 1.03 bits per heavy atom. The normalized spacial score (nSPS) is 11.0. The molecule has 144 valence electrons. The number of aromatic nitrogens is 2. The summed E-state index contributed by atoms with van der Waals surface area (Å²) in [6, 6.07) is 16.7. The molecule has 0 saturated heterocycles. The number of rotatable bonds is 5. The number of carbonyl (C=O) groups excluding carboxylic acids is 1. The molecule has 0 aliphatic heterocycles. The van der Waals surface area contributed by atoms with Crippen LogP contribution in [0.4, 0.5) is 4.39 Å². The summed E-state index contributed by atoms with van der Waals surface area (Å²) in [5.74, 6) is 0.167. The summed E-state index contributed by atoms with van der Waals surface area (Å²) < 4.78 is 13.1. The van der Waals surface area contributed by atoms with Gasteiger partial charge in [-0.1, -0.05) is 43.3 Å². The van der Waals surface area contributed by atoms with E-state index in [0.717, 1.165) is 17.0 Å². The third-order valence-corrected chi connectivity index (χ3v) is 4.85. The summed E-state index contributed by atoms with van der Waals surface area (Å²) in [6.45, 7) is 1.97. The fourth-order valence-electron chi connectivity index (χ4n) is 3.28. The molecule has 4 aromatic rings. The summed E-state index contributed by atoms with van der Waals surface area (Å²) in [7, 11) is 0. The molecule has 0 aliphatic carbocycles. The molecule has 0 spiro atoms. The lowest BCUT2D eigenvalue weighted by atomic mass is 9.97. The number of amidine groups is 1. The van der Waals surface area contributed by atoms with Gasteiger partial charge in [0.05, 0.1) is 16.6 Å². The summed E-state index contributed by atoms with van der Waals surface area (Å²) >= 11 is 0. The molecule has 4 rings (SSSR count). The topological polar surface area (TPSA) is 95.6 Å². The highest BCUT2D eigenvalue weighted by Gasteiger charge is 2.18. The maximum atomic E-state index is 13.2. The van der Waals surface area contributed by atoms with E-state index in [1.54, 1.807) is 36.4 Å². The molecule has 0 atom stereocenters. The average Bonchev–Trinajstić information content (AvgIpc) is 3.16. The van der Waals surface area contributed by atoms with Crippen LogP contribution in [0.15, 0.2) is 60.7 Å². The second-order valence-corrected chi connectivity index (χ2v) is 6.78. The quantitative estimate of drug-likeness (QED) is 0.269. The van der Waals surface area contributed by atoms with Crippen LogP contribution in [0.3, 0.4) is 0 Å². The van der Waals surface area contributed by atoms with Crippen molar-refractivity contribution >= 4 is 22.7 Å². The molecule has 0 radical (unpaired) electrons. The smallest absolute Gasteiger partial charge is 0.195 e. The highest BCUT2D eigenvalue weighted by atomic mass is 19.1. The van der Waals surface area contributed by atoms with Crippen molar-refractivity contribution in [2.75, 3.05) is 0 Å². The summed E-state index contributed by atoms with van der Waals surface area (Å²) in [5, 5.41) is 7.75.